The minimum atomic E-state index is -1.82. The van der Waals surface area contributed by atoms with Crippen molar-refractivity contribution in [2.45, 2.75) is 135 Å². The second kappa shape index (κ2) is 81.8. The number of benzene rings is 2. The molecule has 1 aliphatic carbocycles. The molecule has 0 saturated heterocycles. The zero-order valence-electron chi connectivity index (χ0n) is 63.2. The quantitative estimate of drug-likeness (QED) is 0.00515. The molecule has 656 valence electrons. The van der Waals surface area contributed by atoms with Gasteiger partial charge in [0.1, 0.15) is 11.6 Å². The van der Waals surface area contributed by atoms with Gasteiger partial charge in [0.2, 0.25) is 11.8 Å². The Morgan fingerprint density at radius 3 is 1.44 bits per heavy atom. The molecule has 6 rings (SSSR count). The number of hydrogen-bond donors (Lipinski definition) is 10. The number of halogens is 4. The summed E-state index contributed by atoms with van der Waals surface area (Å²) < 4.78 is 9.22. The SMILES string of the molecule is C/C(=N\NC(=O)CCCCCN1C(=O)C=CC1=O)c1ccc(CC(=O)O)cc1.CC(=NCC(=O)CCCCCN1C(=O)C=CC1=O)c1ccc(C(=O)O)cc1.CC(=O)O.CC(=O)O.COCCOCC(=O)O.O=C(O)C(=O)O.O=C(O)CCC(=O)NCCSSc1ccccn1.[CH2-][C@@H]1CCCC[C@H]1[NH-].[Cl][Pt+2][Cl].[Cl][Pt+2][Cl].[NH2-].[NH2-].[NH2-].[NH2-].[Pt+2]. The predicted molar refractivity (Wildman–Crippen MR) is 427 cm³/mol. The first kappa shape index (κ1) is 126. The second-order valence-electron chi connectivity index (χ2n) is 21.9. The van der Waals surface area contributed by atoms with Crippen LogP contribution in [0.25, 0.3) is 30.3 Å². The number of ether oxygens (including phenoxy) is 2. The average molecular weight is 2290 g/mol. The first-order valence-corrected chi connectivity index (χ1v) is 46.1. The third-order valence-corrected chi connectivity index (χ3v) is 15.4. The number of aliphatic carboxylic acids is 7. The van der Waals surface area contributed by atoms with Gasteiger partial charge in [-0.1, -0.05) is 91.8 Å². The molecule has 2 aromatic carbocycles. The Morgan fingerprint density at radius 1 is 0.591 bits per heavy atom. The fourth-order valence-corrected chi connectivity index (χ4v) is 9.67. The molecule has 2 aliphatic heterocycles. The molecule has 6 amide bonds. The van der Waals surface area contributed by atoms with Gasteiger partial charge in [-0.25, -0.2) is 29.6 Å². The van der Waals surface area contributed by atoms with Gasteiger partial charge in [-0.05, 0) is 91.3 Å². The molecule has 0 radical (unpaired) electrons. The molecule has 1 saturated carbocycles. The smallest absolute Gasteiger partial charge is 0.693 e. The van der Waals surface area contributed by atoms with E-state index in [1.807, 2.05) is 18.2 Å². The maximum absolute atomic E-state index is 11.9. The van der Waals surface area contributed by atoms with E-state index in [0.717, 1.165) is 55.0 Å². The number of rotatable bonds is 33. The molecule has 3 aromatic rings. The number of aromatic nitrogens is 1. The standard InChI is InChI=1S/C20H23N3O5.C20H22N2O5.C11H14N2O3S2.C7H13N.C5H10O4.C2H2O4.2C2H4O2.4ClH.4H2N.3Pt/c1-14(16-8-6-15(7-9-16)13-20(27)28)21-22-17(24)5-3-2-4-12-23-18(25)10-11-19(23)26;1-14(15-6-8-16(9-7-15)20(26)27)21-13-17(23)5-3-2-4-12-22-18(24)10-11-19(22)25;14-9(4-5-11(15)16)12-7-8-17-18-10-3-1-2-6-13-10;1-6-4-2-3-5-7(6)8;1-8-2-3-9-4-5(6)7;3-1(4)2(5)6;2*1-2(3)4;;;;;;;;;;;/h6-11H,2-5,12-13H2,1H3,(H,22,24)(H,27,28);6-11H,2-5,12-13H2,1H3,(H,26,27);1-3,6H,4-5,7-8H2,(H,12,14)(H,15,16);6-8H,1-5H2;2-4H2,1H3,(H,6,7);(H,3,4)(H,5,6);2*1H3,(H,3,4);4*1H;4*1H2;;;/q;;;-2;;;;;;;;;4*-1;+2;2*+4/p-4/b21-14+;;;;;;;;;;;;;;;;;;/t;;;6-,7-;;;;;;;;;;;;;;;/m...1.............../s1. The van der Waals surface area contributed by atoms with E-state index < -0.39 is 80.7 Å². The van der Waals surface area contributed by atoms with Crippen LogP contribution in [0.5, 0.6) is 0 Å². The van der Waals surface area contributed by atoms with E-state index in [0.29, 0.717) is 94.3 Å². The van der Waals surface area contributed by atoms with Crippen LogP contribution < -0.4 is 10.7 Å². The summed E-state index contributed by atoms with van der Waals surface area (Å²) in [5.41, 5.74) is 13.7. The van der Waals surface area contributed by atoms with Gasteiger partial charge < -0.3 is 92.9 Å². The van der Waals surface area contributed by atoms with Gasteiger partial charge in [-0.2, -0.15) is 17.1 Å². The number of imide groups is 2. The number of nitrogens with one attached hydrogen (secondary N) is 3. The molecule has 0 unspecified atom stereocenters. The third kappa shape index (κ3) is 77.7. The Morgan fingerprint density at radius 2 is 1.04 bits per heavy atom. The summed E-state index contributed by atoms with van der Waals surface area (Å²) in [5, 5.41) is 71.4. The monoisotopic (exact) mass is 2290 g/mol. The van der Waals surface area contributed by atoms with Crippen molar-refractivity contribution in [2.24, 2.45) is 16.0 Å². The summed E-state index contributed by atoms with van der Waals surface area (Å²) >= 11 is -0.944. The number of ketones is 1. The molecule has 1 fully saturated rings. The molecule has 3 aliphatic rings. The molecule has 115 heavy (non-hydrogen) atoms. The average Bonchev–Trinajstić information content (AvgIpc) is 1.85. The van der Waals surface area contributed by atoms with Crippen LogP contribution in [0.2, 0.25) is 0 Å². The van der Waals surface area contributed by atoms with Crippen molar-refractivity contribution < 1.29 is 176 Å². The molecule has 19 N–H and O–H groups in total. The van der Waals surface area contributed by atoms with Crippen molar-refractivity contribution in [1.82, 2.24) is 25.5 Å². The second-order valence-corrected chi connectivity index (χ2v) is 30.9. The number of Topliss-reactive ketones (excluding diaryl/α,β-unsaturated/α-hetero) is 1. The number of carboxylic acids is 8. The number of nitrogens with two attached hydrogens (primary N) is 4. The Hall–Kier alpha value is -7.30. The molecule has 37 nitrogen and oxygen atoms in total. The van der Waals surface area contributed by atoms with Crippen molar-refractivity contribution >= 4 is 160 Å². The van der Waals surface area contributed by atoms with Gasteiger partial charge >= 0.3 is 128 Å². The van der Waals surface area contributed by atoms with E-state index in [-0.39, 0.29) is 131 Å². The van der Waals surface area contributed by atoms with Crippen LogP contribution in [-0.2, 0) is 137 Å². The fourth-order valence-electron chi connectivity index (χ4n) is 7.89. The van der Waals surface area contributed by atoms with Crippen molar-refractivity contribution in [3.8, 4) is 0 Å². The number of aliphatic imine (C=N–C) groups is 1. The van der Waals surface area contributed by atoms with Gasteiger partial charge in [0.25, 0.3) is 35.6 Å². The van der Waals surface area contributed by atoms with Crippen LogP contribution >= 0.6 is 59.3 Å². The van der Waals surface area contributed by atoms with Gasteiger partial charge in [0, 0.05) is 102 Å². The zero-order valence-corrected chi connectivity index (χ0v) is 74.7. The number of carboxylic acid groups (broad SMARTS) is 8. The molecule has 2 atom stereocenters. The molecule has 3 heterocycles. The van der Waals surface area contributed by atoms with Crippen molar-refractivity contribution in [2.75, 3.05) is 58.9 Å². The van der Waals surface area contributed by atoms with Gasteiger partial charge in [-0.3, -0.25) is 67.5 Å². The summed E-state index contributed by atoms with van der Waals surface area (Å²) in [6, 6.07) is 19.1. The largest absolute Gasteiger partial charge is 2.00 e. The van der Waals surface area contributed by atoms with Crippen molar-refractivity contribution in [1.29, 1.82) is 0 Å². The Balaban J connectivity index is -0.000000170. The molecule has 1 aromatic heterocycles. The number of hydrazone groups is 1. The van der Waals surface area contributed by atoms with Gasteiger partial charge in [0.05, 0.1) is 43.9 Å². The van der Waals surface area contributed by atoms with Crippen molar-refractivity contribution in [3.05, 3.63) is 157 Å². The van der Waals surface area contributed by atoms with Crippen LogP contribution in [0.4, 0.5) is 0 Å². The first-order valence-electron chi connectivity index (χ1n) is 32.5. The number of pyridine rings is 1. The fraction of sp³-hybridized carbons (Fsp3) is 0.435. The maximum Gasteiger partial charge on any atom is 2.00 e. The molecular formula is C69H100Cl4N12O25Pt3S2. The zero-order chi connectivity index (χ0) is 84.4. The number of carbonyl (C=O) groups is 15. The summed E-state index contributed by atoms with van der Waals surface area (Å²) in [6.45, 7) is 11.5. The van der Waals surface area contributed by atoms with E-state index in [1.165, 1.54) is 72.6 Å². The number of nitrogens with zero attached hydrogens (tertiary/aromatic N) is 5. The topological polar surface area (TPSA) is 662 Å². The Bertz CT molecular complexity index is 3380. The minimum Gasteiger partial charge on any atom is -0.693 e. The van der Waals surface area contributed by atoms with Gasteiger partial charge in [-0.15, -0.1) is 0 Å². The summed E-state index contributed by atoms with van der Waals surface area (Å²) in [7, 11) is 24.2. The van der Waals surface area contributed by atoms with Crippen LogP contribution in [0.15, 0.2) is 112 Å². The summed E-state index contributed by atoms with van der Waals surface area (Å²) in [6.07, 6.45) is 16.3. The van der Waals surface area contributed by atoms with Crippen LogP contribution in [0.3, 0.4) is 0 Å². The van der Waals surface area contributed by atoms with E-state index in [4.69, 9.17) is 103 Å². The van der Waals surface area contributed by atoms with E-state index in [9.17, 15) is 52.7 Å². The van der Waals surface area contributed by atoms with E-state index >= 15 is 0 Å². The first-order chi connectivity index (χ1) is 51.9. The minimum absolute atomic E-state index is 0. The van der Waals surface area contributed by atoms with Crippen LogP contribution in [0, 0.1) is 12.8 Å². The molecule has 0 bridgehead atoms. The summed E-state index contributed by atoms with van der Waals surface area (Å²) in [5.74, 6) is -9.47. The number of unbranched alkanes of at least 4 members (excludes halogenated alkanes) is 4. The number of methoxy groups -OCH3 is 1. The molecular weight excluding hydrogens is 2190 g/mol. The predicted octanol–water partition coefficient (Wildman–Crippen LogP) is 12.8. The maximum atomic E-state index is 11.9. The van der Waals surface area contributed by atoms with Crippen LogP contribution in [0.1, 0.15) is 145 Å². The Labute approximate surface area is 722 Å². The van der Waals surface area contributed by atoms with Crippen LogP contribution in [-0.4, -0.2) is 221 Å². The molecule has 46 heteroatoms. The van der Waals surface area contributed by atoms with E-state index in [2.05, 4.69) is 42.2 Å². The number of amides is 6. The number of carbonyl (C=O) groups excluding carboxylic acids is 7. The van der Waals surface area contributed by atoms with Gasteiger partial charge in [0.15, 0.2) is 5.78 Å². The Kier molecular flexibility index (Phi) is 89.6. The third-order valence-electron chi connectivity index (χ3n) is 13.1. The summed E-state index contributed by atoms with van der Waals surface area (Å²) in [4.78, 5) is 169. The van der Waals surface area contributed by atoms with E-state index in [1.54, 1.807) is 78.0 Å². The normalized spacial score (nSPS) is 13.0. The van der Waals surface area contributed by atoms with Crippen molar-refractivity contribution in [3.63, 3.8) is 0 Å². The molecule has 0 spiro atoms. The number of hydrogen-bond acceptors (Lipinski definition) is 22. The number of aromatic carboxylic acids is 1.